The van der Waals surface area contributed by atoms with Crippen molar-refractivity contribution in [1.29, 1.82) is 0 Å². The Labute approximate surface area is 96.0 Å². The average Bonchev–Trinajstić information content (AvgIpc) is 2.41. The van der Waals surface area contributed by atoms with Crippen LogP contribution in [0.3, 0.4) is 0 Å². The Kier molecular flexibility index (Phi) is 3.17. The van der Waals surface area contributed by atoms with Crippen LogP contribution in [0, 0.1) is 13.8 Å². The van der Waals surface area contributed by atoms with Crippen molar-refractivity contribution in [3.8, 4) is 0 Å². The molecular formula is C10H18N2O3S. The predicted octanol–water partition coefficient (Wildman–Crippen LogP) is 0.631. The molecule has 16 heavy (non-hydrogen) atoms. The number of aliphatic hydroxyl groups excluding tert-OH is 1. The van der Waals surface area contributed by atoms with Crippen LogP contribution in [0.15, 0.2) is 4.90 Å². The summed E-state index contributed by atoms with van der Waals surface area (Å²) in [6, 6.07) is 0. The molecule has 1 N–H and O–H groups in total. The standard InChI is InChI=1S/C10H18N2O3S/c1-7-9(16(5,14)15)8(2)12(11-7)10(3,4)6-13/h13H,6H2,1-5H3. The molecule has 0 aromatic carbocycles. The van der Waals surface area contributed by atoms with E-state index in [4.69, 9.17) is 0 Å². The van der Waals surface area contributed by atoms with Gasteiger partial charge in [0.25, 0.3) is 0 Å². The highest BCUT2D eigenvalue weighted by Gasteiger charge is 2.28. The summed E-state index contributed by atoms with van der Waals surface area (Å²) in [4.78, 5) is 0.258. The summed E-state index contributed by atoms with van der Waals surface area (Å²) < 4.78 is 24.7. The molecule has 0 aliphatic carbocycles. The maximum Gasteiger partial charge on any atom is 0.179 e. The number of rotatable bonds is 3. The molecule has 1 heterocycles. The first-order valence-electron chi connectivity index (χ1n) is 4.99. The van der Waals surface area contributed by atoms with E-state index in [1.54, 1.807) is 32.4 Å². The predicted molar refractivity (Wildman–Crippen MR) is 61.2 cm³/mol. The normalized spacial score (nSPS) is 13.1. The SMILES string of the molecule is Cc1nn(C(C)(C)CO)c(C)c1S(C)(=O)=O. The van der Waals surface area contributed by atoms with E-state index >= 15 is 0 Å². The molecule has 6 heteroatoms. The van der Waals surface area contributed by atoms with Gasteiger partial charge in [0.2, 0.25) is 0 Å². The lowest BCUT2D eigenvalue weighted by atomic mass is 10.1. The summed E-state index contributed by atoms with van der Waals surface area (Å²) in [5.41, 5.74) is 0.443. The van der Waals surface area contributed by atoms with Crippen LogP contribution in [0.4, 0.5) is 0 Å². The monoisotopic (exact) mass is 246 g/mol. The van der Waals surface area contributed by atoms with Gasteiger partial charge < -0.3 is 5.11 Å². The Morgan fingerprint density at radius 3 is 2.19 bits per heavy atom. The van der Waals surface area contributed by atoms with E-state index in [-0.39, 0.29) is 11.5 Å². The van der Waals surface area contributed by atoms with Gasteiger partial charge in [-0.15, -0.1) is 0 Å². The summed E-state index contributed by atoms with van der Waals surface area (Å²) in [6.07, 6.45) is 1.17. The maximum absolute atomic E-state index is 11.6. The first kappa shape index (κ1) is 13.2. The molecule has 0 amide bonds. The molecule has 0 aliphatic rings. The molecule has 0 aliphatic heterocycles. The highest BCUT2D eigenvalue weighted by atomic mass is 32.2. The molecule has 5 nitrogen and oxygen atoms in total. The van der Waals surface area contributed by atoms with Crippen molar-refractivity contribution < 1.29 is 13.5 Å². The van der Waals surface area contributed by atoms with E-state index in [1.807, 2.05) is 0 Å². The molecule has 0 radical (unpaired) electrons. The fraction of sp³-hybridized carbons (Fsp3) is 0.700. The van der Waals surface area contributed by atoms with Gasteiger partial charge in [-0.1, -0.05) is 0 Å². The summed E-state index contributed by atoms with van der Waals surface area (Å²) >= 11 is 0. The summed E-state index contributed by atoms with van der Waals surface area (Å²) in [6.45, 7) is 6.87. The Hall–Kier alpha value is -0.880. The number of hydrogen-bond acceptors (Lipinski definition) is 4. The zero-order chi connectivity index (χ0) is 12.7. The number of sulfone groups is 1. The lowest BCUT2D eigenvalue weighted by Gasteiger charge is -2.24. The molecule has 0 saturated heterocycles. The topological polar surface area (TPSA) is 72.2 Å². The van der Waals surface area contributed by atoms with Crippen molar-refractivity contribution in [3.63, 3.8) is 0 Å². The van der Waals surface area contributed by atoms with Crippen LogP contribution in [0.1, 0.15) is 25.2 Å². The molecule has 1 aromatic rings. The van der Waals surface area contributed by atoms with Crippen LogP contribution in [-0.4, -0.2) is 36.2 Å². The van der Waals surface area contributed by atoms with Crippen LogP contribution in [0.25, 0.3) is 0 Å². The molecule has 92 valence electrons. The third-order valence-corrected chi connectivity index (χ3v) is 3.89. The second-order valence-corrected chi connectivity index (χ2v) is 6.61. The zero-order valence-corrected chi connectivity index (χ0v) is 11.1. The van der Waals surface area contributed by atoms with Gasteiger partial charge in [0, 0.05) is 6.26 Å². The third kappa shape index (κ3) is 2.12. The molecule has 0 fully saturated rings. The van der Waals surface area contributed by atoms with Gasteiger partial charge in [0.05, 0.1) is 23.5 Å². The molecule has 0 unspecified atom stereocenters. The van der Waals surface area contributed by atoms with Gasteiger partial charge in [0.1, 0.15) is 4.90 Å². The lowest BCUT2D eigenvalue weighted by Crippen LogP contribution is -2.32. The number of hydrogen-bond donors (Lipinski definition) is 1. The van der Waals surface area contributed by atoms with Crippen LogP contribution in [-0.2, 0) is 15.4 Å². The van der Waals surface area contributed by atoms with Gasteiger partial charge in [-0.3, -0.25) is 4.68 Å². The van der Waals surface area contributed by atoms with Gasteiger partial charge in [-0.25, -0.2) is 8.42 Å². The fourth-order valence-electron chi connectivity index (χ4n) is 1.82. The number of aromatic nitrogens is 2. The number of aliphatic hydroxyl groups is 1. The summed E-state index contributed by atoms with van der Waals surface area (Å²) in [5.74, 6) is 0. The molecule has 1 rings (SSSR count). The average molecular weight is 246 g/mol. The van der Waals surface area contributed by atoms with Crippen molar-refractivity contribution in [2.45, 2.75) is 38.1 Å². The van der Waals surface area contributed by atoms with Crippen LogP contribution in [0.5, 0.6) is 0 Å². The number of aryl methyl sites for hydroxylation is 1. The smallest absolute Gasteiger partial charge is 0.179 e. The minimum absolute atomic E-state index is 0.0990. The summed E-state index contributed by atoms with van der Waals surface area (Å²) in [7, 11) is -3.28. The first-order valence-corrected chi connectivity index (χ1v) is 6.88. The highest BCUT2D eigenvalue weighted by molar-refractivity contribution is 7.90. The van der Waals surface area contributed by atoms with Crippen molar-refractivity contribution in [2.75, 3.05) is 12.9 Å². The van der Waals surface area contributed by atoms with Crippen molar-refractivity contribution >= 4 is 9.84 Å². The minimum atomic E-state index is -3.28. The summed E-state index contributed by atoms with van der Waals surface area (Å²) in [5, 5.41) is 13.5. The van der Waals surface area contributed by atoms with Crippen molar-refractivity contribution in [1.82, 2.24) is 9.78 Å². The first-order chi connectivity index (χ1) is 7.11. The van der Waals surface area contributed by atoms with Gasteiger partial charge in [0.15, 0.2) is 9.84 Å². The quantitative estimate of drug-likeness (QED) is 0.849. The molecule has 0 saturated carbocycles. The van der Waals surface area contributed by atoms with Gasteiger partial charge >= 0.3 is 0 Å². The van der Waals surface area contributed by atoms with E-state index in [2.05, 4.69) is 5.10 Å². The molecule has 1 aromatic heterocycles. The lowest BCUT2D eigenvalue weighted by molar-refractivity contribution is 0.149. The molecule has 0 spiro atoms. The second kappa shape index (κ2) is 3.85. The molecular weight excluding hydrogens is 228 g/mol. The van der Waals surface area contributed by atoms with E-state index < -0.39 is 15.4 Å². The van der Waals surface area contributed by atoms with Crippen LogP contribution < -0.4 is 0 Å². The Balaban J connectivity index is 3.51. The van der Waals surface area contributed by atoms with Crippen LogP contribution in [0.2, 0.25) is 0 Å². The van der Waals surface area contributed by atoms with Crippen molar-refractivity contribution in [3.05, 3.63) is 11.4 Å². The highest BCUT2D eigenvalue weighted by Crippen LogP contribution is 2.24. The Morgan fingerprint density at radius 1 is 1.38 bits per heavy atom. The van der Waals surface area contributed by atoms with E-state index in [0.717, 1.165) is 0 Å². The molecule has 0 bridgehead atoms. The molecule has 0 atom stereocenters. The van der Waals surface area contributed by atoms with E-state index in [1.165, 1.54) is 6.26 Å². The maximum atomic E-state index is 11.6. The fourth-order valence-corrected chi connectivity index (χ4v) is 3.02. The third-order valence-electron chi connectivity index (χ3n) is 2.56. The zero-order valence-electron chi connectivity index (χ0n) is 10.3. The van der Waals surface area contributed by atoms with Crippen molar-refractivity contribution in [2.24, 2.45) is 0 Å². The Morgan fingerprint density at radius 2 is 1.88 bits per heavy atom. The minimum Gasteiger partial charge on any atom is -0.394 e. The van der Waals surface area contributed by atoms with Gasteiger partial charge in [-0.2, -0.15) is 5.10 Å². The second-order valence-electron chi connectivity index (χ2n) is 4.65. The van der Waals surface area contributed by atoms with Crippen LogP contribution >= 0.6 is 0 Å². The van der Waals surface area contributed by atoms with E-state index in [0.29, 0.717) is 11.4 Å². The van der Waals surface area contributed by atoms with Gasteiger partial charge in [-0.05, 0) is 27.7 Å². The van der Waals surface area contributed by atoms with E-state index in [9.17, 15) is 13.5 Å². The largest absolute Gasteiger partial charge is 0.394 e. The number of nitrogens with zero attached hydrogens (tertiary/aromatic N) is 2. The Bertz CT molecular complexity index is 500.